The van der Waals surface area contributed by atoms with Crippen LogP contribution >= 0.6 is 0 Å². The van der Waals surface area contributed by atoms with Crippen molar-refractivity contribution in [1.82, 2.24) is 4.90 Å². The molecule has 2 N–H and O–H groups in total. The molecular formula is C15H24N2O. The largest absolute Gasteiger partial charge is 0.508 e. The van der Waals surface area contributed by atoms with Crippen molar-refractivity contribution >= 4 is 5.69 Å². The minimum absolute atomic E-state index is 0.346. The van der Waals surface area contributed by atoms with Crippen molar-refractivity contribution in [3.63, 3.8) is 0 Å². The van der Waals surface area contributed by atoms with Crippen LogP contribution in [0.25, 0.3) is 0 Å². The number of fused-ring (bicyclic) bond motifs is 1. The maximum atomic E-state index is 9.48. The highest BCUT2D eigenvalue weighted by molar-refractivity contribution is 5.57. The Balaban J connectivity index is 2.07. The van der Waals surface area contributed by atoms with E-state index in [0.717, 1.165) is 18.7 Å². The van der Waals surface area contributed by atoms with Crippen molar-refractivity contribution in [2.45, 2.75) is 39.2 Å². The number of hydrogen-bond acceptors (Lipinski definition) is 3. The molecule has 100 valence electrons. The summed E-state index contributed by atoms with van der Waals surface area (Å²) in [5.41, 5.74) is 2.42. The van der Waals surface area contributed by atoms with E-state index in [2.05, 4.69) is 24.1 Å². The third-order valence-electron chi connectivity index (χ3n) is 3.62. The quantitative estimate of drug-likeness (QED) is 0.841. The number of anilines is 1. The molecule has 0 aromatic heterocycles. The zero-order chi connectivity index (χ0) is 13.0. The minimum Gasteiger partial charge on any atom is -0.508 e. The van der Waals surface area contributed by atoms with E-state index in [1.807, 2.05) is 12.1 Å². The number of phenols is 1. The number of nitrogens with zero attached hydrogens (tertiary/aromatic N) is 1. The predicted octanol–water partition coefficient (Wildman–Crippen LogP) is 2.85. The van der Waals surface area contributed by atoms with Gasteiger partial charge in [0, 0.05) is 24.3 Å². The van der Waals surface area contributed by atoms with Crippen molar-refractivity contribution in [2.75, 3.05) is 25.0 Å². The molecule has 0 amide bonds. The molecular weight excluding hydrogens is 224 g/mol. The molecule has 0 fully saturated rings. The Morgan fingerprint density at radius 1 is 1.28 bits per heavy atom. The van der Waals surface area contributed by atoms with Gasteiger partial charge in [0.05, 0.1) is 0 Å². The molecule has 0 saturated heterocycles. The zero-order valence-electron chi connectivity index (χ0n) is 11.4. The van der Waals surface area contributed by atoms with Crippen LogP contribution in [0.15, 0.2) is 18.2 Å². The molecule has 0 bridgehead atoms. The Morgan fingerprint density at radius 2 is 2.00 bits per heavy atom. The van der Waals surface area contributed by atoms with E-state index in [9.17, 15) is 5.11 Å². The summed E-state index contributed by atoms with van der Waals surface area (Å²) in [6.07, 6.45) is 3.50. The normalized spacial score (nSPS) is 18.5. The average molecular weight is 248 g/mol. The lowest BCUT2D eigenvalue weighted by Gasteiger charge is -2.35. The Bertz CT molecular complexity index is 386. The number of rotatable bonds is 5. The number of nitrogens with one attached hydrogen (secondary N) is 1. The van der Waals surface area contributed by atoms with Gasteiger partial charge in [-0.2, -0.15) is 0 Å². The monoisotopic (exact) mass is 248 g/mol. The lowest BCUT2D eigenvalue weighted by atomic mass is 9.98. The van der Waals surface area contributed by atoms with Crippen LogP contribution in [0.3, 0.4) is 0 Å². The lowest BCUT2D eigenvalue weighted by Crippen LogP contribution is -2.44. The number of hydrogen-bond donors (Lipinski definition) is 2. The summed E-state index contributed by atoms with van der Waals surface area (Å²) in [6.45, 7) is 7.81. The maximum Gasteiger partial charge on any atom is 0.117 e. The van der Waals surface area contributed by atoms with Crippen molar-refractivity contribution in [1.29, 1.82) is 0 Å². The summed E-state index contributed by atoms with van der Waals surface area (Å²) in [5, 5.41) is 12.9. The van der Waals surface area contributed by atoms with Crippen LogP contribution in [-0.4, -0.2) is 35.7 Å². The molecule has 0 aliphatic carbocycles. The van der Waals surface area contributed by atoms with Crippen molar-refractivity contribution < 1.29 is 5.11 Å². The Hall–Kier alpha value is -1.22. The fraction of sp³-hybridized carbons (Fsp3) is 0.600. The van der Waals surface area contributed by atoms with Gasteiger partial charge in [0.15, 0.2) is 0 Å². The van der Waals surface area contributed by atoms with E-state index >= 15 is 0 Å². The molecule has 3 heteroatoms. The smallest absolute Gasteiger partial charge is 0.117 e. The standard InChI is InChI=1S/C15H24N2O/c1-3-7-17(8-4-2)13-9-12-5-6-14(18)10-15(12)16-11-13/h5-6,10,13,16,18H,3-4,7-9,11H2,1-2H3. The Kier molecular flexibility index (Phi) is 4.48. The highest BCUT2D eigenvalue weighted by Crippen LogP contribution is 2.27. The molecule has 1 aliphatic rings. The van der Waals surface area contributed by atoms with E-state index in [-0.39, 0.29) is 0 Å². The second-order valence-electron chi connectivity index (χ2n) is 5.12. The van der Waals surface area contributed by atoms with Gasteiger partial charge in [0.2, 0.25) is 0 Å². The van der Waals surface area contributed by atoms with E-state index in [1.165, 1.54) is 31.5 Å². The number of benzene rings is 1. The first-order chi connectivity index (χ1) is 8.74. The van der Waals surface area contributed by atoms with Gasteiger partial charge >= 0.3 is 0 Å². The van der Waals surface area contributed by atoms with E-state index < -0.39 is 0 Å². The maximum absolute atomic E-state index is 9.48. The summed E-state index contributed by atoms with van der Waals surface area (Å²) in [5.74, 6) is 0.346. The minimum atomic E-state index is 0.346. The molecule has 0 saturated carbocycles. The van der Waals surface area contributed by atoms with Gasteiger partial charge in [-0.3, -0.25) is 4.90 Å². The van der Waals surface area contributed by atoms with Crippen LogP contribution < -0.4 is 5.32 Å². The zero-order valence-corrected chi connectivity index (χ0v) is 11.4. The molecule has 18 heavy (non-hydrogen) atoms. The van der Waals surface area contributed by atoms with E-state index in [0.29, 0.717) is 11.8 Å². The second-order valence-corrected chi connectivity index (χ2v) is 5.12. The first-order valence-electron chi connectivity index (χ1n) is 7.04. The van der Waals surface area contributed by atoms with Crippen LogP contribution in [-0.2, 0) is 6.42 Å². The first kappa shape index (κ1) is 13.2. The van der Waals surface area contributed by atoms with Gasteiger partial charge in [0.1, 0.15) is 5.75 Å². The van der Waals surface area contributed by atoms with Gasteiger partial charge in [-0.25, -0.2) is 0 Å². The van der Waals surface area contributed by atoms with Gasteiger partial charge in [-0.05, 0) is 44.0 Å². The Labute approximate surface area is 110 Å². The number of aromatic hydroxyl groups is 1. The van der Waals surface area contributed by atoms with Gasteiger partial charge < -0.3 is 10.4 Å². The second kappa shape index (κ2) is 6.10. The van der Waals surface area contributed by atoms with Gasteiger partial charge in [-0.1, -0.05) is 19.9 Å². The molecule has 1 aromatic rings. The van der Waals surface area contributed by atoms with Crippen LogP contribution in [0.1, 0.15) is 32.3 Å². The summed E-state index contributed by atoms with van der Waals surface area (Å²) in [6, 6.07) is 6.24. The summed E-state index contributed by atoms with van der Waals surface area (Å²) >= 11 is 0. The molecule has 1 aromatic carbocycles. The van der Waals surface area contributed by atoms with Crippen LogP contribution in [0.2, 0.25) is 0 Å². The van der Waals surface area contributed by atoms with Crippen LogP contribution in [0.4, 0.5) is 5.69 Å². The fourth-order valence-corrected chi connectivity index (χ4v) is 2.77. The molecule has 0 spiro atoms. The highest BCUT2D eigenvalue weighted by Gasteiger charge is 2.23. The van der Waals surface area contributed by atoms with Crippen LogP contribution in [0.5, 0.6) is 5.75 Å². The molecule has 1 atom stereocenters. The van der Waals surface area contributed by atoms with E-state index in [4.69, 9.17) is 0 Å². The van der Waals surface area contributed by atoms with Gasteiger partial charge in [0.25, 0.3) is 0 Å². The summed E-state index contributed by atoms with van der Waals surface area (Å²) < 4.78 is 0. The van der Waals surface area contributed by atoms with Crippen molar-refractivity contribution in [2.24, 2.45) is 0 Å². The third kappa shape index (κ3) is 2.96. The fourth-order valence-electron chi connectivity index (χ4n) is 2.77. The Morgan fingerprint density at radius 3 is 2.67 bits per heavy atom. The predicted molar refractivity (Wildman–Crippen MR) is 76.2 cm³/mol. The van der Waals surface area contributed by atoms with Gasteiger partial charge in [-0.15, -0.1) is 0 Å². The molecule has 2 rings (SSSR count). The molecule has 1 aliphatic heterocycles. The topological polar surface area (TPSA) is 35.5 Å². The number of phenolic OH excluding ortho intramolecular Hbond substituents is 1. The average Bonchev–Trinajstić information content (AvgIpc) is 2.38. The molecule has 3 nitrogen and oxygen atoms in total. The van der Waals surface area contributed by atoms with Crippen LogP contribution in [0, 0.1) is 0 Å². The molecule has 0 radical (unpaired) electrons. The molecule has 1 heterocycles. The van der Waals surface area contributed by atoms with Crippen molar-refractivity contribution in [3.8, 4) is 5.75 Å². The van der Waals surface area contributed by atoms with Crippen molar-refractivity contribution in [3.05, 3.63) is 23.8 Å². The third-order valence-corrected chi connectivity index (χ3v) is 3.62. The lowest BCUT2D eigenvalue weighted by molar-refractivity contribution is 0.200. The van der Waals surface area contributed by atoms with E-state index in [1.54, 1.807) is 6.07 Å². The highest BCUT2D eigenvalue weighted by atomic mass is 16.3. The SMILES string of the molecule is CCCN(CCC)C1CNc2cc(O)ccc2C1. The first-order valence-corrected chi connectivity index (χ1v) is 7.04. The molecule has 1 unspecified atom stereocenters. The summed E-state index contributed by atoms with van der Waals surface area (Å²) in [7, 11) is 0. The summed E-state index contributed by atoms with van der Waals surface area (Å²) in [4.78, 5) is 2.59.